The molecule has 3 aromatic rings. The molecule has 1 aliphatic rings. The largest absolute Gasteiger partial charge is 0.376 e. The molecule has 140 valence electrons. The van der Waals surface area contributed by atoms with Gasteiger partial charge >= 0.3 is 0 Å². The Hall–Kier alpha value is -2.31. The quantitative estimate of drug-likeness (QED) is 0.625. The molecule has 6 heteroatoms. The van der Waals surface area contributed by atoms with Gasteiger partial charge in [-0.3, -0.25) is 9.69 Å². The molecule has 0 spiro atoms. The van der Waals surface area contributed by atoms with E-state index in [0.717, 1.165) is 29.7 Å². The molecule has 0 saturated carbocycles. The summed E-state index contributed by atoms with van der Waals surface area (Å²) in [4.78, 5) is 19.4. The summed E-state index contributed by atoms with van der Waals surface area (Å²) < 4.78 is 20.7. The molecule has 1 fully saturated rings. The summed E-state index contributed by atoms with van der Waals surface area (Å²) in [5, 5.41) is 0.685. The third-order valence-corrected chi connectivity index (χ3v) is 5.85. The molecule has 2 heterocycles. The summed E-state index contributed by atoms with van der Waals surface area (Å²) >= 11 is 1.51. The number of nitrogens with zero attached hydrogens (tertiary/aromatic N) is 2. The highest BCUT2D eigenvalue weighted by atomic mass is 32.1. The molecule has 0 aliphatic carbocycles. The van der Waals surface area contributed by atoms with Crippen LogP contribution >= 0.6 is 11.3 Å². The fraction of sp³-hybridized carbons (Fsp3) is 0.333. The van der Waals surface area contributed by atoms with Gasteiger partial charge in [-0.25, -0.2) is 9.37 Å². The molecule has 0 bridgehead atoms. The normalized spacial score (nSPS) is 16.7. The average molecular weight is 384 g/mol. The maximum absolute atomic E-state index is 13.9. The monoisotopic (exact) mass is 384 g/mol. The molecule has 0 N–H and O–H groups in total. The first-order chi connectivity index (χ1) is 13.2. The van der Waals surface area contributed by atoms with Crippen LogP contribution < -0.4 is 4.90 Å². The van der Waals surface area contributed by atoms with Crippen molar-refractivity contribution in [1.29, 1.82) is 0 Å². The van der Waals surface area contributed by atoms with Gasteiger partial charge in [0.25, 0.3) is 0 Å². The number of thiazole rings is 1. The summed E-state index contributed by atoms with van der Waals surface area (Å²) in [5.74, 6) is -0.316. The lowest BCUT2D eigenvalue weighted by molar-refractivity contribution is -0.119. The first-order valence-electron chi connectivity index (χ1n) is 9.21. The number of amides is 1. The van der Waals surface area contributed by atoms with Crippen molar-refractivity contribution in [1.82, 2.24) is 4.98 Å². The fourth-order valence-electron chi connectivity index (χ4n) is 3.33. The first-order valence-corrected chi connectivity index (χ1v) is 10.0. The predicted molar refractivity (Wildman–Crippen MR) is 106 cm³/mol. The van der Waals surface area contributed by atoms with Gasteiger partial charge in [-0.15, -0.1) is 0 Å². The lowest BCUT2D eigenvalue weighted by Gasteiger charge is -2.23. The van der Waals surface area contributed by atoms with Crippen molar-refractivity contribution >= 4 is 32.6 Å². The second-order valence-corrected chi connectivity index (χ2v) is 7.70. The molecular weight excluding hydrogens is 363 g/mol. The minimum Gasteiger partial charge on any atom is -0.376 e. The van der Waals surface area contributed by atoms with E-state index in [0.29, 0.717) is 23.7 Å². The van der Waals surface area contributed by atoms with Crippen molar-refractivity contribution in [3.8, 4) is 0 Å². The fourth-order valence-corrected chi connectivity index (χ4v) is 4.32. The van der Waals surface area contributed by atoms with E-state index in [9.17, 15) is 9.18 Å². The third kappa shape index (κ3) is 4.17. The second kappa shape index (κ2) is 8.15. The van der Waals surface area contributed by atoms with Crippen LogP contribution in [0.5, 0.6) is 0 Å². The van der Waals surface area contributed by atoms with Gasteiger partial charge in [-0.1, -0.05) is 41.7 Å². The number of fused-ring (bicyclic) bond motifs is 1. The molecular formula is C21H21FN2O2S. The highest BCUT2D eigenvalue weighted by molar-refractivity contribution is 7.22. The number of carbonyl (C=O) groups is 1. The van der Waals surface area contributed by atoms with Crippen LogP contribution in [0.25, 0.3) is 10.2 Å². The van der Waals surface area contributed by atoms with Crippen molar-refractivity contribution < 1.29 is 13.9 Å². The Bertz CT molecular complexity index is 904. The number of aromatic nitrogens is 1. The second-order valence-electron chi connectivity index (χ2n) is 6.69. The van der Waals surface area contributed by atoms with Gasteiger partial charge in [-0.2, -0.15) is 0 Å². The lowest BCUT2D eigenvalue weighted by atomic mass is 10.1. The standard InChI is InChI=1S/C21H21FN2O2S/c22-17-8-2-1-6-15(17)11-12-20(25)24(14-16-7-5-13-26-16)21-23-18-9-3-4-10-19(18)27-21/h1-4,6,8-10,16H,5,7,11-14H2/t16-/m1/s1. The zero-order valence-electron chi connectivity index (χ0n) is 14.9. The average Bonchev–Trinajstić information content (AvgIpc) is 3.34. The minimum absolute atomic E-state index is 0.0365. The van der Waals surface area contributed by atoms with Gasteiger partial charge in [0.1, 0.15) is 5.82 Å². The topological polar surface area (TPSA) is 42.4 Å². The van der Waals surface area contributed by atoms with Crippen molar-refractivity contribution in [3.63, 3.8) is 0 Å². The molecule has 4 rings (SSSR count). The predicted octanol–water partition coefficient (Wildman–Crippen LogP) is 4.58. The molecule has 1 amide bonds. The summed E-state index contributed by atoms with van der Waals surface area (Å²) in [6, 6.07) is 14.5. The van der Waals surface area contributed by atoms with E-state index < -0.39 is 0 Å². The summed E-state index contributed by atoms with van der Waals surface area (Å²) in [7, 11) is 0. The van der Waals surface area contributed by atoms with E-state index in [4.69, 9.17) is 4.74 Å². The smallest absolute Gasteiger partial charge is 0.229 e. The van der Waals surface area contributed by atoms with Crippen LogP contribution in [-0.2, 0) is 16.0 Å². The number of para-hydroxylation sites is 1. The van der Waals surface area contributed by atoms with Gasteiger partial charge in [0.2, 0.25) is 5.91 Å². The van der Waals surface area contributed by atoms with Crippen LogP contribution in [0.3, 0.4) is 0 Å². The van der Waals surface area contributed by atoms with Crippen molar-refractivity contribution in [2.75, 3.05) is 18.1 Å². The van der Waals surface area contributed by atoms with Crippen LogP contribution in [-0.4, -0.2) is 30.1 Å². The zero-order valence-corrected chi connectivity index (χ0v) is 15.8. The summed E-state index contributed by atoms with van der Waals surface area (Å²) in [6.45, 7) is 1.23. The maximum Gasteiger partial charge on any atom is 0.229 e. The SMILES string of the molecule is O=C(CCc1ccccc1F)N(C[C@H]1CCCO1)c1nc2ccccc2s1. The van der Waals surface area contributed by atoms with Crippen LogP contribution in [0.1, 0.15) is 24.8 Å². The lowest BCUT2D eigenvalue weighted by Crippen LogP contribution is -2.37. The van der Waals surface area contributed by atoms with Crippen LogP contribution in [0.2, 0.25) is 0 Å². The Kier molecular flexibility index (Phi) is 5.45. The third-order valence-electron chi connectivity index (χ3n) is 4.79. The number of hydrogen-bond donors (Lipinski definition) is 0. The number of rotatable bonds is 6. The van der Waals surface area contributed by atoms with Gasteiger partial charge in [0.05, 0.1) is 22.9 Å². The van der Waals surface area contributed by atoms with Crippen LogP contribution in [0.4, 0.5) is 9.52 Å². The number of benzene rings is 2. The molecule has 0 unspecified atom stereocenters. The Balaban J connectivity index is 1.54. The number of carbonyl (C=O) groups excluding carboxylic acids is 1. The van der Waals surface area contributed by atoms with E-state index in [2.05, 4.69) is 4.98 Å². The van der Waals surface area contributed by atoms with E-state index in [1.54, 1.807) is 23.1 Å². The Morgan fingerprint density at radius 2 is 2.04 bits per heavy atom. The molecule has 27 heavy (non-hydrogen) atoms. The molecule has 4 nitrogen and oxygen atoms in total. The number of hydrogen-bond acceptors (Lipinski definition) is 4. The number of ether oxygens (including phenoxy) is 1. The Morgan fingerprint density at radius 3 is 2.81 bits per heavy atom. The van der Waals surface area contributed by atoms with E-state index in [-0.39, 0.29) is 24.2 Å². The van der Waals surface area contributed by atoms with E-state index in [1.165, 1.54) is 17.4 Å². The number of halogens is 1. The van der Waals surface area contributed by atoms with Crippen molar-refractivity contribution in [3.05, 3.63) is 59.9 Å². The maximum atomic E-state index is 13.9. The zero-order chi connectivity index (χ0) is 18.6. The number of anilines is 1. The molecule has 1 saturated heterocycles. The van der Waals surface area contributed by atoms with E-state index >= 15 is 0 Å². The Labute approximate surface area is 161 Å². The molecule has 1 aliphatic heterocycles. The number of aryl methyl sites for hydroxylation is 1. The van der Waals surface area contributed by atoms with Crippen molar-refractivity contribution in [2.24, 2.45) is 0 Å². The van der Waals surface area contributed by atoms with Gasteiger partial charge in [-0.05, 0) is 43.0 Å². The van der Waals surface area contributed by atoms with E-state index in [1.807, 2.05) is 24.3 Å². The highest BCUT2D eigenvalue weighted by Gasteiger charge is 2.26. The molecule has 1 atom stereocenters. The van der Waals surface area contributed by atoms with Gasteiger partial charge < -0.3 is 4.74 Å². The van der Waals surface area contributed by atoms with Gasteiger partial charge in [0, 0.05) is 13.0 Å². The van der Waals surface area contributed by atoms with Crippen molar-refractivity contribution in [2.45, 2.75) is 31.8 Å². The first kappa shape index (κ1) is 18.1. The minimum atomic E-state index is -0.268. The summed E-state index contributed by atoms with van der Waals surface area (Å²) in [5.41, 5.74) is 1.45. The Morgan fingerprint density at radius 1 is 1.22 bits per heavy atom. The van der Waals surface area contributed by atoms with Crippen LogP contribution in [0, 0.1) is 5.82 Å². The molecule has 2 aromatic carbocycles. The van der Waals surface area contributed by atoms with Gasteiger partial charge in [0.15, 0.2) is 5.13 Å². The summed E-state index contributed by atoms with van der Waals surface area (Å²) in [6.07, 6.45) is 2.61. The molecule has 0 radical (unpaired) electrons. The highest BCUT2D eigenvalue weighted by Crippen LogP contribution is 2.30. The molecule has 1 aromatic heterocycles. The van der Waals surface area contributed by atoms with Crippen LogP contribution in [0.15, 0.2) is 48.5 Å².